The van der Waals surface area contributed by atoms with Crippen LogP contribution < -0.4 is 0 Å². The van der Waals surface area contributed by atoms with Gasteiger partial charge in [-0.25, -0.2) is 0 Å². The molecule has 0 radical (unpaired) electrons. The maximum atomic E-state index is 10.6. The average Bonchev–Trinajstić information content (AvgIpc) is 3.18. The molecule has 10 N–H and O–H groups in total. The predicted molar refractivity (Wildman–Crippen MR) is 95.3 cm³/mol. The van der Waals surface area contributed by atoms with Gasteiger partial charge in [-0.1, -0.05) is 0 Å². The van der Waals surface area contributed by atoms with Crippen molar-refractivity contribution in [3.63, 3.8) is 0 Å². The van der Waals surface area contributed by atoms with E-state index in [2.05, 4.69) is 0 Å². The molecule has 15 nitrogen and oxygen atoms in total. The number of hydrogen-bond acceptors (Lipinski definition) is 15. The quantitative estimate of drug-likeness (QED) is 0.157. The second-order valence-electron chi connectivity index (χ2n) is 7.99. The van der Waals surface area contributed by atoms with Crippen molar-refractivity contribution in [3.05, 3.63) is 0 Å². The molecular weight excluding hydrogens is 444 g/mol. The van der Waals surface area contributed by atoms with Crippen molar-refractivity contribution >= 4 is 0 Å². The van der Waals surface area contributed by atoms with Crippen LogP contribution in [0.15, 0.2) is 0 Å². The predicted octanol–water partition coefficient (Wildman–Crippen LogP) is -6.93. The van der Waals surface area contributed by atoms with Gasteiger partial charge in [0.05, 0.1) is 19.8 Å². The average molecular weight is 474 g/mol. The molecule has 1 unspecified atom stereocenters. The highest BCUT2D eigenvalue weighted by Crippen LogP contribution is 2.39. The normalized spacial score (nSPS) is 51.9. The molecule has 12 atom stereocenters. The van der Waals surface area contributed by atoms with E-state index >= 15 is 0 Å². The van der Waals surface area contributed by atoms with Gasteiger partial charge in [0, 0.05) is 0 Å². The van der Waals surface area contributed by atoms with Crippen molar-refractivity contribution < 1.29 is 74.7 Å². The molecule has 15 heteroatoms. The molecule has 3 rings (SSSR count). The number of ether oxygens (including phenoxy) is 5. The van der Waals surface area contributed by atoms with Crippen molar-refractivity contribution in [2.45, 2.75) is 72.8 Å². The molecule has 0 aromatic carbocycles. The van der Waals surface area contributed by atoms with Crippen molar-refractivity contribution in [1.29, 1.82) is 0 Å². The summed E-state index contributed by atoms with van der Waals surface area (Å²) in [5.41, 5.74) is 0. The van der Waals surface area contributed by atoms with Crippen LogP contribution in [-0.2, 0) is 23.7 Å². The zero-order valence-corrected chi connectivity index (χ0v) is 16.8. The fraction of sp³-hybridized carbons (Fsp3) is 1.00. The molecule has 3 heterocycles. The van der Waals surface area contributed by atoms with Crippen molar-refractivity contribution in [2.24, 2.45) is 0 Å². The highest BCUT2D eigenvalue weighted by Gasteiger charge is 2.61. The molecule has 3 aliphatic rings. The summed E-state index contributed by atoms with van der Waals surface area (Å²) in [6.07, 6.45) is -16.5. The Morgan fingerprint density at radius 2 is 1.25 bits per heavy atom. The SMILES string of the molecule is OC[C@H]1O[C@@](CO)(OC[C@@]2(OC3OC[C@@H](O)[C@H](O)[C@H]3O)O[C@H](CO)[C@@H](O)[C@@H]2O)[C@@H](O)[C@@H]1O. The summed E-state index contributed by atoms with van der Waals surface area (Å²) in [7, 11) is 0. The van der Waals surface area contributed by atoms with E-state index in [4.69, 9.17) is 23.7 Å². The van der Waals surface area contributed by atoms with Gasteiger partial charge in [0.2, 0.25) is 11.6 Å². The largest absolute Gasteiger partial charge is 0.394 e. The van der Waals surface area contributed by atoms with E-state index in [-0.39, 0.29) is 0 Å². The molecule has 0 spiro atoms. The molecule has 0 aliphatic carbocycles. The van der Waals surface area contributed by atoms with Gasteiger partial charge in [-0.3, -0.25) is 0 Å². The summed E-state index contributed by atoms with van der Waals surface area (Å²) >= 11 is 0. The Labute approximate surface area is 181 Å². The Bertz CT molecular complexity index is 625. The summed E-state index contributed by atoms with van der Waals surface area (Å²) in [4.78, 5) is 0. The first kappa shape index (κ1) is 26.0. The second kappa shape index (κ2) is 9.95. The minimum atomic E-state index is -2.39. The number of aliphatic hydroxyl groups is 10. The first-order chi connectivity index (χ1) is 15.1. The fourth-order valence-corrected chi connectivity index (χ4v) is 3.86. The lowest BCUT2D eigenvalue weighted by Gasteiger charge is -2.42. The zero-order chi connectivity index (χ0) is 23.8. The third-order valence-corrected chi connectivity index (χ3v) is 5.88. The smallest absolute Gasteiger partial charge is 0.224 e. The summed E-state index contributed by atoms with van der Waals surface area (Å²) in [6, 6.07) is 0. The molecule has 0 aromatic heterocycles. The molecule has 3 aliphatic heterocycles. The van der Waals surface area contributed by atoms with E-state index in [0.29, 0.717) is 0 Å². The van der Waals surface area contributed by atoms with E-state index in [9.17, 15) is 51.1 Å². The molecule has 0 aromatic rings. The van der Waals surface area contributed by atoms with Gasteiger partial charge in [-0.15, -0.1) is 0 Å². The third-order valence-electron chi connectivity index (χ3n) is 5.88. The topological polar surface area (TPSA) is 248 Å². The molecule has 188 valence electrons. The fourth-order valence-electron chi connectivity index (χ4n) is 3.86. The van der Waals surface area contributed by atoms with Gasteiger partial charge in [0.15, 0.2) is 6.29 Å². The standard InChI is InChI=1S/C17H30O15/c18-1-7-10(23)13(26)16(4-20,30-7)29-5-17(14(27)11(24)8(2-19)31-17)32-15-12(25)9(22)6(21)3-28-15/h6-15,18-27H,1-5H2/t6-,7-,8-,9+,10-,11-,12-,13+,14+,15?,16-,17+/m1/s1. The molecule has 0 bridgehead atoms. The lowest BCUT2D eigenvalue weighted by molar-refractivity contribution is -0.390. The van der Waals surface area contributed by atoms with Crippen LogP contribution in [0, 0.1) is 0 Å². The van der Waals surface area contributed by atoms with Gasteiger partial charge in [0.25, 0.3) is 0 Å². The maximum absolute atomic E-state index is 10.6. The van der Waals surface area contributed by atoms with E-state index in [1.165, 1.54) is 0 Å². The highest BCUT2D eigenvalue weighted by atomic mass is 16.8. The van der Waals surface area contributed by atoms with Crippen molar-refractivity contribution in [3.8, 4) is 0 Å². The highest BCUT2D eigenvalue weighted by molar-refractivity contribution is 5.01. The lowest BCUT2D eigenvalue weighted by atomic mass is 10.0. The van der Waals surface area contributed by atoms with Gasteiger partial charge < -0.3 is 74.7 Å². The third kappa shape index (κ3) is 4.40. The van der Waals surface area contributed by atoms with Crippen LogP contribution in [0.1, 0.15) is 0 Å². The Hall–Kier alpha value is -0.600. The lowest BCUT2D eigenvalue weighted by Crippen LogP contribution is -2.61. The first-order valence-electron chi connectivity index (χ1n) is 9.94. The second-order valence-corrected chi connectivity index (χ2v) is 7.99. The van der Waals surface area contributed by atoms with E-state index in [1.807, 2.05) is 0 Å². The van der Waals surface area contributed by atoms with Crippen LogP contribution in [0.3, 0.4) is 0 Å². The summed E-state index contributed by atoms with van der Waals surface area (Å²) < 4.78 is 26.8. The van der Waals surface area contributed by atoms with Gasteiger partial charge in [0.1, 0.15) is 68.1 Å². The van der Waals surface area contributed by atoms with Crippen LogP contribution in [0.2, 0.25) is 0 Å². The summed E-state index contributed by atoms with van der Waals surface area (Å²) in [5.74, 6) is -4.69. The number of aliphatic hydroxyl groups excluding tert-OH is 10. The van der Waals surface area contributed by atoms with Gasteiger partial charge >= 0.3 is 0 Å². The van der Waals surface area contributed by atoms with Gasteiger partial charge in [-0.2, -0.15) is 0 Å². The summed E-state index contributed by atoms with van der Waals surface area (Å²) in [6.45, 7) is -3.90. The minimum Gasteiger partial charge on any atom is -0.394 e. The Morgan fingerprint density at radius 3 is 1.75 bits per heavy atom. The monoisotopic (exact) mass is 474 g/mol. The van der Waals surface area contributed by atoms with Gasteiger partial charge in [-0.05, 0) is 0 Å². The van der Waals surface area contributed by atoms with Crippen molar-refractivity contribution in [1.82, 2.24) is 0 Å². The number of hydrogen-bond donors (Lipinski definition) is 10. The van der Waals surface area contributed by atoms with Crippen LogP contribution in [0.5, 0.6) is 0 Å². The van der Waals surface area contributed by atoms with Crippen LogP contribution in [-0.4, -0.2) is 157 Å². The first-order valence-corrected chi connectivity index (χ1v) is 9.94. The summed E-state index contributed by atoms with van der Waals surface area (Å²) in [5, 5.41) is 99.2. The molecule has 3 saturated heterocycles. The van der Waals surface area contributed by atoms with E-state index in [1.54, 1.807) is 0 Å². The zero-order valence-electron chi connectivity index (χ0n) is 16.8. The molecule has 0 saturated carbocycles. The van der Waals surface area contributed by atoms with Crippen LogP contribution in [0.4, 0.5) is 0 Å². The molecular formula is C17H30O15. The minimum absolute atomic E-state index is 0.464. The molecule has 3 fully saturated rings. The van der Waals surface area contributed by atoms with Crippen LogP contribution in [0.25, 0.3) is 0 Å². The Balaban J connectivity index is 1.84. The van der Waals surface area contributed by atoms with Crippen LogP contribution >= 0.6 is 0 Å². The Morgan fingerprint density at radius 1 is 0.719 bits per heavy atom. The molecule has 32 heavy (non-hydrogen) atoms. The van der Waals surface area contributed by atoms with E-state index in [0.717, 1.165) is 0 Å². The Kier molecular flexibility index (Phi) is 8.08. The van der Waals surface area contributed by atoms with E-state index < -0.39 is 106 Å². The van der Waals surface area contributed by atoms with Crippen molar-refractivity contribution in [2.75, 3.05) is 33.0 Å². The molecule has 0 amide bonds. The maximum Gasteiger partial charge on any atom is 0.224 e. The number of rotatable bonds is 8.